The summed E-state index contributed by atoms with van der Waals surface area (Å²) in [5.41, 5.74) is 6.15. The van der Waals surface area contributed by atoms with Crippen molar-refractivity contribution in [2.75, 3.05) is 20.2 Å². The summed E-state index contributed by atoms with van der Waals surface area (Å²) in [5.74, 6) is -0.433. The Labute approximate surface area is 164 Å². The van der Waals surface area contributed by atoms with Gasteiger partial charge in [0.15, 0.2) is 0 Å². The number of rotatable bonds is 2. The largest absolute Gasteiger partial charge is 0.452 e. The van der Waals surface area contributed by atoms with Crippen LogP contribution in [0.2, 0.25) is 0 Å². The number of hydrogen-bond donors (Lipinski definition) is 2. The third kappa shape index (κ3) is 6.00. The standard InChI is InChI=1S/C20H27N3O5/c1-20(2,3)28-19(26)23-12-10-15(11-13-23)16(14-8-6-5-7-9-14)17(24)21-22-18(25)27-4/h5-9H,10-13H2,1-4H3,(H,21,24)(H,22,25). The highest BCUT2D eigenvalue weighted by molar-refractivity contribution is 6.20. The molecular weight excluding hydrogens is 362 g/mol. The van der Waals surface area contributed by atoms with E-state index in [2.05, 4.69) is 15.6 Å². The molecule has 8 heteroatoms. The second-order valence-electron chi connectivity index (χ2n) is 7.38. The van der Waals surface area contributed by atoms with Gasteiger partial charge < -0.3 is 14.4 Å². The van der Waals surface area contributed by atoms with E-state index in [9.17, 15) is 14.4 Å². The first-order valence-corrected chi connectivity index (χ1v) is 9.11. The van der Waals surface area contributed by atoms with E-state index in [1.54, 1.807) is 4.90 Å². The van der Waals surface area contributed by atoms with Gasteiger partial charge in [-0.3, -0.25) is 10.2 Å². The van der Waals surface area contributed by atoms with Crippen molar-refractivity contribution in [3.05, 3.63) is 41.5 Å². The minimum atomic E-state index is -0.759. The molecule has 0 saturated carbocycles. The molecule has 1 saturated heterocycles. The molecule has 0 aliphatic carbocycles. The van der Waals surface area contributed by atoms with Crippen molar-refractivity contribution in [1.29, 1.82) is 0 Å². The maximum atomic E-state index is 12.7. The van der Waals surface area contributed by atoms with Crippen molar-refractivity contribution in [1.82, 2.24) is 15.8 Å². The van der Waals surface area contributed by atoms with Crippen molar-refractivity contribution in [2.24, 2.45) is 0 Å². The molecule has 1 aliphatic heterocycles. The number of nitrogens with one attached hydrogen (secondary N) is 2. The van der Waals surface area contributed by atoms with E-state index in [0.29, 0.717) is 31.5 Å². The Kier molecular flexibility index (Phi) is 7.03. The summed E-state index contributed by atoms with van der Waals surface area (Å²) in [6.45, 7) is 6.39. The minimum Gasteiger partial charge on any atom is -0.452 e. The lowest BCUT2D eigenvalue weighted by Gasteiger charge is -2.31. The molecule has 0 aromatic heterocycles. The molecule has 0 bridgehead atoms. The van der Waals surface area contributed by atoms with Crippen LogP contribution in [-0.2, 0) is 14.3 Å². The zero-order chi connectivity index (χ0) is 20.7. The SMILES string of the molecule is COC(=O)NNC(=O)C(=C1CCN(C(=O)OC(C)(C)C)CC1)c1ccccc1. The van der Waals surface area contributed by atoms with Gasteiger partial charge in [-0.2, -0.15) is 0 Å². The van der Waals surface area contributed by atoms with E-state index in [-0.39, 0.29) is 6.09 Å². The predicted molar refractivity (Wildman–Crippen MR) is 104 cm³/mol. The fraction of sp³-hybridized carbons (Fsp3) is 0.450. The number of hydrazine groups is 1. The smallest absolute Gasteiger partial charge is 0.425 e. The lowest BCUT2D eigenvalue weighted by molar-refractivity contribution is -0.116. The van der Waals surface area contributed by atoms with Gasteiger partial charge >= 0.3 is 12.2 Å². The molecule has 8 nitrogen and oxygen atoms in total. The lowest BCUT2D eigenvalue weighted by Crippen LogP contribution is -2.43. The predicted octanol–water partition coefficient (Wildman–Crippen LogP) is 2.86. The van der Waals surface area contributed by atoms with Gasteiger partial charge in [-0.1, -0.05) is 35.9 Å². The molecule has 0 spiro atoms. The number of methoxy groups -OCH3 is 1. The van der Waals surface area contributed by atoms with E-state index in [4.69, 9.17) is 4.74 Å². The normalized spacial score (nSPS) is 14.1. The summed E-state index contributed by atoms with van der Waals surface area (Å²) in [5, 5.41) is 0. The van der Waals surface area contributed by atoms with Crippen molar-refractivity contribution in [3.8, 4) is 0 Å². The summed E-state index contributed by atoms with van der Waals surface area (Å²) in [7, 11) is 1.21. The first-order chi connectivity index (χ1) is 13.2. The first kappa shape index (κ1) is 21.3. The van der Waals surface area contributed by atoms with E-state index in [0.717, 1.165) is 11.1 Å². The third-order valence-electron chi connectivity index (χ3n) is 4.13. The zero-order valence-electron chi connectivity index (χ0n) is 16.7. The van der Waals surface area contributed by atoms with Gasteiger partial charge in [0.05, 0.1) is 7.11 Å². The van der Waals surface area contributed by atoms with Crippen LogP contribution in [0, 0.1) is 0 Å². The summed E-state index contributed by atoms with van der Waals surface area (Å²) >= 11 is 0. The second-order valence-corrected chi connectivity index (χ2v) is 7.38. The molecule has 0 radical (unpaired) electrons. The lowest BCUT2D eigenvalue weighted by atomic mass is 9.92. The molecule has 3 amide bonds. The third-order valence-corrected chi connectivity index (χ3v) is 4.13. The summed E-state index contributed by atoms with van der Waals surface area (Å²) < 4.78 is 9.89. The highest BCUT2D eigenvalue weighted by Gasteiger charge is 2.27. The number of benzene rings is 1. The number of piperidine rings is 1. The second kappa shape index (κ2) is 9.25. The molecular formula is C20H27N3O5. The fourth-order valence-electron chi connectivity index (χ4n) is 2.86. The van der Waals surface area contributed by atoms with Crippen LogP contribution in [0.1, 0.15) is 39.2 Å². The molecule has 28 heavy (non-hydrogen) atoms. The van der Waals surface area contributed by atoms with Crippen LogP contribution < -0.4 is 10.9 Å². The highest BCUT2D eigenvalue weighted by atomic mass is 16.6. The molecule has 1 heterocycles. The van der Waals surface area contributed by atoms with Crippen LogP contribution in [-0.4, -0.2) is 48.8 Å². The molecule has 2 N–H and O–H groups in total. The Morgan fingerprint density at radius 3 is 2.14 bits per heavy atom. The zero-order valence-corrected chi connectivity index (χ0v) is 16.7. The topological polar surface area (TPSA) is 97.0 Å². The van der Waals surface area contributed by atoms with E-state index >= 15 is 0 Å². The van der Waals surface area contributed by atoms with Crippen molar-refractivity contribution in [2.45, 2.75) is 39.2 Å². The van der Waals surface area contributed by atoms with Gasteiger partial charge in [0, 0.05) is 18.7 Å². The van der Waals surface area contributed by atoms with Gasteiger partial charge in [0.1, 0.15) is 5.60 Å². The maximum Gasteiger partial charge on any atom is 0.425 e. The average Bonchev–Trinajstić information content (AvgIpc) is 2.66. The van der Waals surface area contributed by atoms with E-state index < -0.39 is 17.6 Å². The van der Waals surface area contributed by atoms with E-state index in [1.165, 1.54) is 7.11 Å². The number of nitrogens with zero attached hydrogens (tertiary/aromatic N) is 1. The summed E-state index contributed by atoms with van der Waals surface area (Å²) in [6.07, 6.45) is -0.0420. The molecule has 1 fully saturated rings. The van der Waals surface area contributed by atoms with Crippen LogP contribution >= 0.6 is 0 Å². The summed E-state index contributed by atoms with van der Waals surface area (Å²) in [6, 6.07) is 9.21. The van der Waals surface area contributed by atoms with Crippen LogP contribution in [0.5, 0.6) is 0 Å². The average molecular weight is 389 g/mol. The fourth-order valence-corrected chi connectivity index (χ4v) is 2.86. The van der Waals surface area contributed by atoms with Gasteiger partial charge in [-0.15, -0.1) is 0 Å². The van der Waals surface area contributed by atoms with Crippen LogP contribution in [0.15, 0.2) is 35.9 Å². The number of hydrogen-bond acceptors (Lipinski definition) is 5. The number of amides is 3. The first-order valence-electron chi connectivity index (χ1n) is 9.11. The van der Waals surface area contributed by atoms with Crippen LogP contribution in [0.3, 0.4) is 0 Å². The maximum absolute atomic E-state index is 12.7. The Morgan fingerprint density at radius 2 is 1.61 bits per heavy atom. The number of likely N-dealkylation sites (tertiary alicyclic amines) is 1. The molecule has 0 unspecified atom stereocenters. The Morgan fingerprint density at radius 1 is 1.00 bits per heavy atom. The van der Waals surface area contributed by atoms with Crippen molar-refractivity contribution in [3.63, 3.8) is 0 Å². The van der Waals surface area contributed by atoms with Gasteiger partial charge in [-0.25, -0.2) is 15.0 Å². The Bertz CT molecular complexity index is 743. The molecule has 2 rings (SSSR count). The molecule has 1 aromatic carbocycles. The van der Waals surface area contributed by atoms with Crippen molar-refractivity contribution < 1.29 is 23.9 Å². The number of carbonyl (C=O) groups excluding carboxylic acids is 3. The Hall–Kier alpha value is -3.03. The molecule has 1 aromatic rings. The number of ether oxygens (including phenoxy) is 2. The van der Waals surface area contributed by atoms with Crippen LogP contribution in [0.25, 0.3) is 5.57 Å². The van der Waals surface area contributed by atoms with Crippen LogP contribution in [0.4, 0.5) is 9.59 Å². The van der Waals surface area contributed by atoms with Gasteiger partial charge in [-0.05, 0) is 39.2 Å². The van der Waals surface area contributed by atoms with Gasteiger partial charge in [0.25, 0.3) is 5.91 Å². The quantitative estimate of drug-likeness (QED) is 0.599. The monoisotopic (exact) mass is 389 g/mol. The van der Waals surface area contributed by atoms with E-state index in [1.807, 2.05) is 51.1 Å². The molecule has 152 valence electrons. The summed E-state index contributed by atoms with van der Waals surface area (Å²) in [4.78, 5) is 37.9. The van der Waals surface area contributed by atoms with Gasteiger partial charge in [0.2, 0.25) is 0 Å². The minimum absolute atomic E-state index is 0.357. The van der Waals surface area contributed by atoms with Crippen molar-refractivity contribution >= 4 is 23.7 Å². The molecule has 1 aliphatic rings. The highest BCUT2D eigenvalue weighted by Crippen LogP contribution is 2.27. The number of carbonyl (C=O) groups is 3. The molecule has 0 atom stereocenters. The Balaban J connectivity index is 2.17.